The van der Waals surface area contributed by atoms with Gasteiger partial charge in [0.1, 0.15) is 24.9 Å². The van der Waals surface area contributed by atoms with Gasteiger partial charge in [-0.1, -0.05) is 23.7 Å². The zero-order valence-electron chi connectivity index (χ0n) is 20.4. The fourth-order valence-corrected chi connectivity index (χ4v) is 7.81. The number of hydrogen-bond acceptors (Lipinski definition) is 12. The zero-order valence-corrected chi connectivity index (χ0v) is 21.2. The lowest BCUT2D eigenvalue weighted by Gasteiger charge is -2.55. The average Bonchev–Trinajstić information content (AvgIpc) is 3.58. The van der Waals surface area contributed by atoms with Crippen LogP contribution in [0.3, 0.4) is 0 Å². The highest BCUT2D eigenvalue weighted by atomic mass is 35.5. The third-order valence-corrected chi connectivity index (χ3v) is 9.82. The Morgan fingerprint density at radius 3 is 2.45 bits per heavy atom. The SMILES string of the molecule is CO[C@@]1(C)C(=O)OC[C@H](O)c2ccc3c(c2Cl)[C@@]24O[C@@]5(O)C(=C(C)C(=O)[C@]16O[C@H]56)O[C@@]2([C@H](O)C[C@H]4O)[C@@H]3O. The van der Waals surface area contributed by atoms with Crippen molar-refractivity contribution in [1.82, 2.24) is 0 Å². The fraction of sp³-hybridized carbons (Fsp3) is 0.600. The third-order valence-electron chi connectivity index (χ3n) is 9.41. The highest BCUT2D eigenvalue weighted by Gasteiger charge is 2.90. The molecule has 0 aromatic heterocycles. The van der Waals surface area contributed by atoms with Gasteiger partial charge in [0, 0.05) is 30.2 Å². The molecule has 3 aliphatic carbocycles. The van der Waals surface area contributed by atoms with E-state index in [1.807, 2.05) is 0 Å². The first kappa shape index (κ1) is 24.9. The van der Waals surface area contributed by atoms with Crippen LogP contribution in [0.4, 0.5) is 0 Å². The van der Waals surface area contributed by atoms with E-state index in [4.69, 9.17) is 35.3 Å². The summed E-state index contributed by atoms with van der Waals surface area (Å²) in [5.41, 5.74) is -8.58. The number of methoxy groups -OCH3 is 1. The molecule has 6 aliphatic rings. The summed E-state index contributed by atoms with van der Waals surface area (Å²) < 4.78 is 29.3. The van der Waals surface area contributed by atoms with Crippen molar-refractivity contribution in [2.45, 2.75) is 79.0 Å². The zero-order chi connectivity index (χ0) is 27.4. The molecule has 1 aromatic carbocycles. The summed E-state index contributed by atoms with van der Waals surface area (Å²) in [5.74, 6) is -4.86. The van der Waals surface area contributed by atoms with Crippen molar-refractivity contribution < 1.29 is 58.8 Å². The van der Waals surface area contributed by atoms with Crippen molar-refractivity contribution in [1.29, 1.82) is 0 Å². The molecule has 38 heavy (non-hydrogen) atoms. The summed E-state index contributed by atoms with van der Waals surface area (Å²) in [5, 5.41) is 57.2. The van der Waals surface area contributed by atoms with Gasteiger partial charge in [0.2, 0.25) is 17.0 Å². The van der Waals surface area contributed by atoms with E-state index >= 15 is 0 Å². The third kappa shape index (κ3) is 2.20. The Morgan fingerprint density at radius 2 is 1.76 bits per heavy atom. The number of aliphatic hydroxyl groups is 5. The maximum atomic E-state index is 13.8. The maximum Gasteiger partial charge on any atom is 0.341 e. The molecule has 5 bridgehead atoms. The van der Waals surface area contributed by atoms with Crippen LogP contribution in [-0.4, -0.2) is 91.9 Å². The summed E-state index contributed by atoms with van der Waals surface area (Å²) in [6, 6.07) is 2.82. The molecule has 2 saturated heterocycles. The molecule has 3 heterocycles. The van der Waals surface area contributed by atoms with E-state index in [2.05, 4.69) is 0 Å². The van der Waals surface area contributed by atoms with Crippen molar-refractivity contribution in [3.8, 4) is 0 Å². The molecule has 1 spiro atoms. The van der Waals surface area contributed by atoms with Crippen molar-refractivity contribution in [2.24, 2.45) is 0 Å². The van der Waals surface area contributed by atoms with E-state index in [1.165, 1.54) is 26.0 Å². The smallest absolute Gasteiger partial charge is 0.341 e. The molecule has 0 radical (unpaired) electrons. The Hall–Kier alpha value is -2.13. The van der Waals surface area contributed by atoms with Gasteiger partial charge in [-0.25, -0.2) is 4.79 Å². The Kier molecular flexibility index (Phi) is 4.55. The predicted molar refractivity (Wildman–Crippen MR) is 121 cm³/mol. The Labute approximate surface area is 220 Å². The minimum absolute atomic E-state index is 0.0133. The molecular weight excluding hydrogens is 528 g/mol. The first-order valence-electron chi connectivity index (χ1n) is 12.1. The molecule has 1 aromatic rings. The van der Waals surface area contributed by atoms with Crippen LogP contribution in [-0.2, 0) is 38.9 Å². The van der Waals surface area contributed by atoms with E-state index in [9.17, 15) is 35.1 Å². The van der Waals surface area contributed by atoms with Crippen LogP contribution in [0.5, 0.6) is 0 Å². The minimum Gasteiger partial charge on any atom is -0.476 e. The molecule has 13 heteroatoms. The lowest BCUT2D eigenvalue weighted by atomic mass is 9.71. The largest absolute Gasteiger partial charge is 0.476 e. The molecular formula is C25H25ClO12. The van der Waals surface area contributed by atoms with Crippen LogP contribution in [0.2, 0.25) is 5.02 Å². The fourth-order valence-electron chi connectivity index (χ4n) is 7.37. The number of rotatable bonds is 1. The predicted octanol–water partition coefficient (Wildman–Crippen LogP) is -0.828. The van der Waals surface area contributed by atoms with Crippen molar-refractivity contribution in [3.05, 3.63) is 45.2 Å². The van der Waals surface area contributed by atoms with Gasteiger partial charge in [-0.15, -0.1) is 0 Å². The molecule has 0 amide bonds. The van der Waals surface area contributed by atoms with Crippen molar-refractivity contribution in [3.63, 3.8) is 0 Å². The first-order chi connectivity index (χ1) is 17.8. The minimum atomic E-state index is -2.60. The standard InChI is InChI=1S/C25H25ClO12/c1-8-16(30)24-19(37-24)25(33)18(8)36-23-13(29)6-12(28)22(23,38-25)14-10(17(23)31)5-4-9(15(14)26)11(27)7-35-20(32)21(24,2)34-3/h4-5,11-13,17,19,27-29,31,33H,6-7H2,1-3H3/t11-,12+,13+,17+,19-,21-,22+,23-,24+,25-/m0/s1. The van der Waals surface area contributed by atoms with Crippen LogP contribution in [0.25, 0.3) is 0 Å². The summed E-state index contributed by atoms with van der Waals surface area (Å²) >= 11 is 6.79. The number of cyclic esters (lactones) is 1. The molecule has 1 saturated carbocycles. The molecule has 3 fully saturated rings. The summed E-state index contributed by atoms with van der Waals surface area (Å²) in [6.45, 7) is 1.97. The molecule has 5 N–H and O–H groups in total. The number of carbonyl (C=O) groups is 2. The van der Waals surface area contributed by atoms with E-state index in [-0.39, 0.29) is 33.7 Å². The number of carbonyl (C=O) groups excluding carboxylic acids is 2. The van der Waals surface area contributed by atoms with Gasteiger partial charge in [0.05, 0.1) is 11.1 Å². The lowest BCUT2D eigenvalue weighted by Crippen LogP contribution is -2.72. The normalized spacial score (nSPS) is 50.1. The first-order valence-corrected chi connectivity index (χ1v) is 12.5. The molecule has 7 rings (SSSR count). The highest BCUT2D eigenvalue weighted by molar-refractivity contribution is 6.32. The monoisotopic (exact) mass is 552 g/mol. The summed E-state index contributed by atoms with van der Waals surface area (Å²) in [7, 11) is 1.16. The van der Waals surface area contributed by atoms with Gasteiger partial charge in [-0.3, -0.25) is 4.79 Å². The number of aliphatic hydroxyl groups excluding tert-OH is 4. The number of halogens is 1. The Morgan fingerprint density at radius 1 is 1.08 bits per heavy atom. The number of ketones is 1. The van der Waals surface area contributed by atoms with E-state index in [1.54, 1.807) is 0 Å². The summed E-state index contributed by atoms with van der Waals surface area (Å²) in [4.78, 5) is 27.2. The van der Waals surface area contributed by atoms with E-state index < -0.39 is 82.8 Å². The van der Waals surface area contributed by atoms with Crippen molar-refractivity contribution in [2.75, 3.05) is 13.7 Å². The lowest BCUT2D eigenvalue weighted by molar-refractivity contribution is -0.387. The quantitative estimate of drug-likeness (QED) is 0.215. The van der Waals surface area contributed by atoms with Gasteiger partial charge in [-0.2, -0.15) is 0 Å². The molecule has 3 aliphatic heterocycles. The van der Waals surface area contributed by atoms with Crippen LogP contribution in [0.1, 0.15) is 49.2 Å². The summed E-state index contributed by atoms with van der Waals surface area (Å²) in [6.07, 6.45) is -8.16. The highest BCUT2D eigenvalue weighted by Crippen LogP contribution is 2.72. The Balaban J connectivity index is 1.59. The second kappa shape index (κ2) is 6.95. The number of epoxide rings is 1. The number of benzene rings is 1. The second-order valence-corrected chi connectivity index (χ2v) is 11.3. The van der Waals surface area contributed by atoms with Crippen LogP contribution < -0.4 is 0 Å². The van der Waals surface area contributed by atoms with Gasteiger partial charge in [0.25, 0.3) is 5.79 Å². The van der Waals surface area contributed by atoms with Gasteiger partial charge >= 0.3 is 5.97 Å². The number of fused-ring (bicyclic) bond motifs is 1. The number of Topliss-reactive ketones (excluding diaryl/α,β-unsaturated/α-hetero) is 1. The number of ether oxygens (including phenoxy) is 5. The molecule has 12 nitrogen and oxygen atoms in total. The van der Waals surface area contributed by atoms with Crippen LogP contribution >= 0.6 is 11.6 Å². The average molecular weight is 553 g/mol. The van der Waals surface area contributed by atoms with Gasteiger partial charge < -0.3 is 49.2 Å². The van der Waals surface area contributed by atoms with Crippen molar-refractivity contribution >= 4 is 23.4 Å². The number of hydrogen-bond donors (Lipinski definition) is 5. The molecule has 204 valence electrons. The van der Waals surface area contributed by atoms with Crippen LogP contribution in [0.15, 0.2) is 23.5 Å². The maximum absolute atomic E-state index is 13.8. The topological polar surface area (TPSA) is 185 Å². The molecule has 0 unspecified atom stereocenters. The van der Waals surface area contributed by atoms with Gasteiger partial charge in [-0.05, 0) is 19.4 Å². The van der Waals surface area contributed by atoms with Gasteiger partial charge in [0.15, 0.2) is 23.1 Å². The van der Waals surface area contributed by atoms with Crippen LogP contribution in [0, 0.1) is 0 Å². The van der Waals surface area contributed by atoms with E-state index in [0.29, 0.717) is 0 Å². The van der Waals surface area contributed by atoms with E-state index in [0.717, 1.165) is 7.11 Å². The number of esters is 1. The second-order valence-electron chi connectivity index (χ2n) is 10.9. The Bertz CT molecular complexity index is 1380. The molecule has 10 atom stereocenters.